The molecule has 0 saturated carbocycles. The van der Waals surface area contributed by atoms with Crippen LogP contribution in [0.15, 0.2) is 0 Å². The highest BCUT2D eigenvalue weighted by Gasteiger charge is 2.81. The monoisotopic (exact) mass is 348 g/mol. The van der Waals surface area contributed by atoms with E-state index in [0.717, 1.165) is 14.2 Å². The zero-order valence-electron chi connectivity index (χ0n) is 13.7. The van der Waals surface area contributed by atoms with E-state index in [1.165, 1.54) is 13.8 Å². The van der Waals surface area contributed by atoms with Crippen LogP contribution in [-0.2, 0) is 38.1 Å². The fourth-order valence-electron chi connectivity index (χ4n) is 3.19. The Morgan fingerprint density at radius 2 is 1.83 bits per heavy atom. The number of hydrogen-bond donors (Lipinski definition) is 2. The third-order valence-electron chi connectivity index (χ3n) is 4.21. The first-order valence-electron chi connectivity index (χ1n) is 7.24. The van der Waals surface area contributed by atoms with E-state index in [1.54, 1.807) is 0 Å². The lowest BCUT2D eigenvalue weighted by Crippen LogP contribution is -2.78. The van der Waals surface area contributed by atoms with E-state index in [9.17, 15) is 24.6 Å². The lowest BCUT2D eigenvalue weighted by atomic mass is 9.75. The molecule has 2 heterocycles. The Morgan fingerprint density at radius 1 is 1.21 bits per heavy atom. The first-order chi connectivity index (χ1) is 11.1. The fourth-order valence-corrected chi connectivity index (χ4v) is 3.19. The third-order valence-corrected chi connectivity index (χ3v) is 4.21. The van der Waals surface area contributed by atoms with Gasteiger partial charge in [0.2, 0.25) is 17.3 Å². The molecule has 10 nitrogen and oxygen atoms in total. The third kappa shape index (κ3) is 2.21. The van der Waals surface area contributed by atoms with Gasteiger partial charge in [0.25, 0.3) is 0 Å². The molecule has 24 heavy (non-hydrogen) atoms. The van der Waals surface area contributed by atoms with Crippen LogP contribution in [0.5, 0.6) is 0 Å². The number of esters is 3. The molecule has 10 heteroatoms. The summed E-state index contributed by atoms with van der Waals surface area (Å²) in [4.78, 5) is 37.0. The lowest BCUT2D eigenvalue weighted by Gasteiger charge is -2.49. The van der Waals surface area contributed by atoms with Crippen molar-refractivity contribution in [2.45, 2.75) is 49.5 Å². The maximum atomic E-state index is 12.5. The van der Waals surface area contributed by atoms with Crippen LogP contribution < -0.4 is 0 Å². The summed E-state index contributed by atoms with van der Waals surface area (Å²) in [5, 5.41) is 21.5. The Labute approximate surface area is 137 Å². The molecular formula is C14H20O10. The van der Waals surface area contributed by atoms with Crippen molar-refractivity contribution in [3.63, 3.8) is 0 Å². The van der Waals surface area contributed by atoms with Crippen molar-refractivity contribution in [2.75, 3.05) is 20.8 Å². The van der Waals surface area contributed by atoms with E-state index < -0.39 is 47.1 Å². The van der Waals surface area contributed by atoms with Gasteiger partial charge in [-0.25, -0.2) is 14.4 Å². The smallest absolute Gasteiger partial charge is 0.345 e. The van der Waals surface area contributed by atoms with Crippen LogP contribution in [0.3, 0.4) is 0 Å². The highest BCUT2D eigenvalue weighted by Crippen LogP contribution is 2.53. The Morgan fingerprint density at radius 3 is 2.33 bits per heavy atom. The summed E-state index contributed by atoms with van der Waals surface area (Å²) in [7, 11) is 2.00. The van der Waals surface area contributed by atoms with Gasteiger partial charge >= 0.3 is 17.9 Å². The number of methoxy groups -OCH3 is 2. The second-order valence-electron chi connectivity index (χ2n) is 5.69. The summed E-state index contributed by atoms with van der Waals surface area (Å²) in [6, 6.07) is 0. The molecule has 0 unspecified atom stereocenters. The van der Waals surface area contributed by atoms with Gasteiger partial charge in [0.15, 0.2) is 5.79 Å². The van der Waals surface area contributed by atoms with Gasteiger partial charge in [0, 0.05) is 6.42 Å². The van der Waals surface area contributed by atoms with Crippen LogP contribution in [0.1, 0.15) is 20.3 Å². The highest BCUT2D eigenvalue weighted by atomic mass is 16.8. The number of hydrogen-bond acceptors (Lipinski definition) is 10. The predicted octanol–water partition coefficient (Wildman–Crippen LogP) is -1.74. The molecule has 0 aliphatic carbocycles. The van der Waals surface area contributed by atoms with Gasteiger partial charge in [-0.3, -0.25) is 0 Å². The maximum Gasteiger partial charge on any atom is 0.345 e. The number of rotatable bonds is 4. The number of fused-ring (bicyclic) bond motifs is 2. The van der Waals surface area contributed by atoms with Gasteiger partial charge in [0.05, 0.1) is 20.8 Å². The second-order valence-corrected chi connectivity index (χ2v) is 5.69. The van der Waals surface area contributed by atoms with Crippen molar-refractivity contribution in [3.8, 4) is 0 Å². The summed E-state index contributed by atoms with van der Waals surface area (Å²) in [5.74, 6) is -5.38. The highest BCUT2D eigenvalue weighted by molar-refractivity contribution is 5.99. The maximum absolute atomic E-state index is 12.5. The van der Waals surface area contributed by atoms with Gasteiger partial charge in [-0.15, -0.1) is 0 Å². The van der Waals surface area contributed by atoms with E-state index in [0.29, 0.717) is 0 Å². The molecule has 2 bridgehead atoms. The van der Waals surface area contributed by atoms with Gasteiger partial charge < -0.3 is 33.9 Å². The van der Waals surface area contributed by atoms with Crippen LogP contribution >= 0.6 is 0 Å². The fraction of sp³-hybridized carbons (Fsp3) is 0.786. The van der Waals surface area contributed by atoms with Crippen LogP contribution in [0.4, 0.5) is 0 Å². The Hall–Kier alpha value is -1.75. The summed E-state index contributed by atoms with van der Waals surface area (Å²) in [6.07, 6.45) is -3.95. The van der Waals surface area contributed by atoms with E-state index in [-0.39, 0.29) is 13.0 Å². The molecule has 0 aromatic heterocycles. The Kier molecular flexibility index (Phi) is 4.61. The van der Waals surface area contributed by atoms with E-state index >= 15 is 0 Å². The normalized spacial score (nSPS) is 40.8. The quantitative estimate of drug-likeness (QED) is 0.445. The molecule has 2 saturated heterocycles. The van der Waals surface area contributed by atoms with Crippen molar-refractivity contribution in [2.24, 2.45) is 0 Å². The first kappa shape index (κ1) is 18.6. The molecule has 0 aromatic carbocycles. The molecule has 2 aliphatic heterocycles. The molecular weight excluding hydrogens is 328 g/mol. The Bertz CT molecular complexity index is 562. The van der Waals surface area contributed by atoms with Gasteiger partial charge in [-0.2, -0.15) is 0 Å². The zero-order chi connectivity index (χ0) is 18.3. The second kappa shape index (κ2) is 5.96. The minimum atomic E-state index is -3.00. The molecule has 136 valence electrons. The molecule has 2 aliphatic rings. The molecule has 0 aromatic rings. The largest absolute Gasteiger partial charge is 0.467 e. The molecule has 0 spiro atoms. The lowest BCUT2D eigenvalue weighted by molar-refractivity contribution is -0.360. The van der Waals surface area contributed by atoms with Gasteiger partial charge in [-0.05, 0) is 13.8 Å². The zero-order valence-corrected chi connectivity index (χ0v) is 13.7. The standard InChI is InChI=1S/C14H20O10/c1-5-22-10(17)13(19)8(9(16)20-3)23-12(2)6-7(15)14(13,24-12)11(18)21-4/h7-8,15,19H,5-6H2,1-4H3/t7-,8-,12-,13-,14-/m1/s1. The molecule has 0 amide bonds. The number of carbonyl (C=O) groups is 3. The SMILES string of the molecule is CCOC(=O)[C@]1(O)[C@@H](C(=O)OC)O[C@@]2(C)C[C@@H](O)[C@]1(C(=O)OC)O2. The van der Waals surface area contributed by atoms with Crippen LogP contribution in [-0.4, -0.2) is 78.1 Å². The van der Waals surface area contributed by atoms with E-state index in [4.69, 9.17) is 14.2 Å². The molecule has 2 rings (SSSR count). The van der Waals surface area contributed by atoms with Crippen molar-refractivity contribution in [1.82, 2.24) is 0 Å². The predicted molar refractivity (Wildman–Crippen MR) is 73.3 cm³/mol. The molecule has 2 fully saturated rings. The van der Waals surface area contributed by atoms with Crippen LogP contribution in [0.2, 0.25) is 0 Å². The Balaban J connectivity index is 2.70. The van der Waals surface area contributed by atoms with Crippen molar-refractivity contribution >= 4 is 17.9 Å². The first-order valence-corrected chi connectivity index (χ1v) is 7.24. The average molecular weight is 348 g/mol. The number of ether oxygens (including phenoxy) is 5. The summed E-state index contributed by atoms with van der Waals surface area (Å²) < 4.78 is 24.8. The molecule has 5 atom stereocenters. The van der Waals surface area contributed by atoms with Crippen molar-refractivity contribution < 1.29 is 48.3 Å². The topological polar surface area (TPSA) is 138 Å². The van der Waals surface area contributed by atoms with E-state index in [2.05, 4.69) is 9.47 Å². The van der Waals surface area contributed by atoms with Crippen LogP contribution in [0, 0.1) is 0 Å². The summed E-state index contributed by atoms with van der Waals surface area (Å²) >= 11 is 0. The van der Waals surface area contributed by atoms with Crippen molar-refractivity contribution in [3.05, 3.63) is 0 Å². The van der Waals surface area contributed by atoms with E-state index in [1.807, 2.05) is 0 Å². The van der Waals surface area contributed by atoms with Gasteiger partial charge in [0.1, 0.15) is 6.10 Å². The van der Waals surface area contributed by atoms with Gasteiger partial charge in [-0.1, -0.05) is 0 Å². The van der Waals surface area contributed by atoms with Crippen LogP contribution in [0.25, 0.3) is 0 Å². The minimum Gasteiger partial charge on any atom is -0.467 e. The van der Waals surface area contributed by atoms with Crippen molar-refractivity contribution in [1.29, 1.82) is 0 Å². The minimum absolute atomic E-state index is 0.167. The number of aliphatic hydroxyl groups is 2. The summed E-state index contributed by atoms with van der Waals surface area (Å²) in [5.41, 5.74) is -5.60. The molecule has 0 radical (unpaired) electrons. The average Bonchev–Trinajstić information content (AvgIpc) is 2.79. The summed E-state index contributed by atoms with van der Waals surface area (Å²) in [6.45, 7) is 2.64. The molecule has 2 N–H and O–H groups in total. The number of aliphatic hydroxyl groups excluding tert-OH is 1. The number of carbonyl (C=O) groups excluding carboxylic acids is 3.